The first-order valence-electron chi connectivity index (χ1n) is 6.01. The average Bonchev–Trinajstić information content (AvgIpc) is 2.90. The normalized spacial score (nSPS) is 11.8. The van der Waals surface area contributed by atoms with E-state index in [-0.39, 0.29) is 12.0 Å². The summed E-state index contributed by atoms with van der Waals surface area (Å²) < 4.78 is 0. The largest absolute Gasteiger partial charge is 0.507 e. The molecule has 5 N–H and O–H groups in total. The number of nitrogens with zero attached hydrogens (tertiary/aromatic N) is 1. The number of carbonyl (C=O) groups excluding carboxylic acids is 1. The number of nitrogens with one attached hydrogen (secondary N) is 2. The molecule has 0 spiro atoms. The van der Waals surface area contributed by atoms with Gasteiger partial charge in [-0.05, 0) is 12.1 Å². The molecule has 0 aliphatic rings. The predicted molar refractivity (Wildman–Crippen MR) is 71.0 cm³/mol. The van der Waals surface area contributed by atoms with Crippen LogP contribution in [0.15, 0.2) is 30.7 Å². The van der Waals surface area contributed by atoms with Crippen molar-refractivity contribution < 1.29 is 24.9 Å². The number of phenols is 2. The lowest BCUT2D eigenvalue weighted by molar-refractivity contribution is -0.139. The lowest BCUT2D eigenvalue weighted by Crippen LogP contribution is -2.42. The zero-order chi connectivity index (χ0) is 15.4. The molecular weight excluding hydrogens is 278 g/mol. The van der Waals surface area contributed by atoms with Crippen molar-refractivity contribution in [3.63, 3.8) is 0 Å². The van der Waals surface area contributed by atoms with E-state index < -0.39 is 29.4 Å². The van der Waals surface area contributed by atoms with Gasteiger partial charge in [-0.25, -0.2) is 9.78 Å². The smallest absolute Gasteiger partial charge is 0.326 e. The second-order valence-electron chi connectivity index (χ2n) is 4.32. The number of amides is 1. The Bertz CT molecular complexity index is 634. The summed E-state index contributed by atoms with van der Waals surface area (Å²) in [5.41, 5.74) is 0.164. The standard InChI is InChI=1S/C13H13N3O5/c17-9-2-1-3-10(18)11(9)12(19)16-8(13(20)21)4-7-5-14-6-15-7/h1-3,5-6,8,17-18H,4H2,(H,14,15)(H,16,19)(H,20,21)/t8-/m1/s1. The summed E-state index contributed by atoms with van der Waals surface area (Å²) in [6.07, 6.45) is 2.83. The summed E-state index contributed by atoms with van der Waals surface area (Å²) in [6, 6.07) is 2.58. The number of rotatable bonds is 5. The van der Waals surface area contributed by atoms with Crippen molar-refractivity contribution in [2.75, 3.05) is 0 Å². The van der Waals surface area contributed by atoms with Crippen LogP contribution in [-0.4, -0.2) is 43.2 Å². The van der Waals surface area contributed by atoms with Gasteiger partial charge >= 0.3 is 5.97 Å². The van der Waals surface area contributed by atoms with E-state index in [0.29, 0.717) is 5.69 Å². The number of carboxylic acid groups (broad SMARTS) is 1. The number of carbonyl (C=O) groups is 2. The molecule has 1 heterocycles. The first-order valence-corrected chi connectivity index (χ1v) is 6.01. The molecule has 1 atom stereocenters. The Balaban J connectivity index is 2.17. The molecule has 0 unspecified atom stereocenters. The van der Waals surface area contributed by atoms with Gasteiger partial charge in [0.2, 0.25) is 0 Å². The van der Waals surface area contributed by atoms with Crippen LogP contribution in [0.4, 0.5) is 0 Å². The maximum atomic E-state index is 12.0. The molecule has 0 radical (unpaired) electrons. The van der Waals surface area contributed by atoms with E-state index in [1.807, 2.05) is 0 Å². The van der Waals surface area contributed by atoms with Crippen LogP contribution in [-0.2, 0) is 11.2 Å². The molecule has 1 amide bonds. The van der Waals surface area contributed by atoms with Gasteiger partial charge in [-0.15, -0.1) is 0 Å². The molecular formula is C13H13N3O5. The van der Waals surface area contributed by atoms with Crippen molar-refractivity contribution in [1.29, 1.82) is 0 Å². The zero-order valence-electron chi connectivity index (χ0n) is 10.8. The summed E-state index contributed by atoms with van der Waals surface area (Å²) in [4.78, 5) is 29.7. The van der Waals surface area contributed by atoms with Crippen molar-refractivity contribution >= 4 is 11.9 Å². The van der Waals surface area contributed by atoms with E-state index in [9.17, 15) is 19.8 Å². The summed E-state index contributed by atoms with van der Waals surface area (Å²) >= 11 is 0. The Hall–Kier alpha value is -3.03. The lowest BCUT2D eigenvalue weighted by atomic mass is 10.1. The first-order chi connectivity index (χ1) is 9.99. The second-order valence-corrected chi connectivity index (χ2v) is 4.32. The van der Waals surface area contributed by atoms with E-state index in [4.69, 9.17) is 5.11 Å². The van der Waals surface area contributed by atoms with Gasteiger partial charge in [-0.2, -0.15) is 0 Å². The number of aromatic nitrogens is 2. The van der Waals surface area contributed by atoms with E-state index in [2.05, 4.69) is 15.3 Å². The zero-order valence-corrected chi connectivity index (χ0v) is 10.8. The monoisotopic (exact) mass is 291 g/mol. The fourth-order valence-electron chi connectivity index (χ4n) is 1.81. The van der Waals surface area contributed by atoms with Crippen LogP contribution in [0.5, 0.6) is 11.5 Å². The van der Waals surface area contributed by atoms with Gasteiger partial charge in [0.1, 0.15) is 23.1 Å². The third kappa shape index (κ3) is 3.30. The molecule has 0 aliphatic carbocycles. The molecule has 0 saturated heterocycles. The first kappa shape index (κ1) is 14.4. The van der Waals surface area contributed by atoms with Crippen LogP contribution < -0.4 is 5.32 Å². The summed E-state index contributed by atoms with van der Waals surface area (Å²) in [5, 5.41) is 30.5. The highest BCUT2D eigenvalue weighted by molar-refractivity contribution is 6.01. The van der Waals surface area contributed by atoms with E-state index in [1.54, 1.807) is 0 Å². The Kier molecular flexibility index (Phi) is 4.07. The van der Waals surface area contributed by atoms with Crippen molar-refractivity contribution in [3.8, 4) is 11.5 Å². The third-order valence-corrected chi connectivity index (χ3v) is 2.83. The van der Waals surface area contributed by atoms with Gasteiger partial charge in [0.15, 0.2) is 0 Å². The molecule has 1 aromatic carbocycles. The van der Waals surface area contributed by atoms with Gasteiger partial charge < -0.3 is 25.6 Å². The predicted octanol–water partition coefficient (Wildman–Crippen LogP) is 0.247. The minimum Gasteiger partial charge on any atom is -0.507 e. The number of imidazole rings is 1. The van der Waals surface area contributed by atoms with Crippen LogP contribution in [0.3, 0.4) is 0 Å². The van der Waals surface area contributed by atoms with Gasteiger partial charge in [0, 0.05) is 18.3 Å². The SMILES string of the molecule is O=C(N[C@H](Cc1cnc[nH]1)C(=O)O)c1c(O)cccc1O. The second kappa shape index (κ2) is 5.95. The molecule has 0 aliphatic heterocycles. The highest BCUT2D eigenvalue weighted by atomic mass is 16.4. The van der Waals surface area contributed by atoms with Crippen LogP contribution in [0, 0.1) is 0 Å². The molecule has 110 valence electrons. The maximum absolute atomic E-state index is 12.0. The summed E-state index contributed by atoms with van der Waals surface area (Å²) in [5.74, 6) is -2.98. The lowest BCUT2D eigenvalue weighted by Gasteiger charge is -2.14. The molecule has 2 rings (SSSR count). The number of phenolic OH excluding ortho intramolecular Hbond substituents is 2. The number of aromatic amines is 1. The molecule has 1 aromatic heterocycles. The highest BCUT2D eigenvalue weighted by Crippen LogP contribution is 2.26. The van der Waals surface area contributed by atoms with Crippen molar-refractivity contribution in [3.05, 3.63) is 42.0 Å². The van der Waals surface area contributed by atoms with Crippen molar-refractivity contribution in [2.24, 2.45) is 0 Å². The number of benzene rings is 1. The average molecular weight is 291 g/mol. The number of hydrogen-bond acceptors (Lipinski definition) is 5. The minimum absolute atomic E-state index is 0.00453. The molecule has 0 fully saturated rings. The molecule has 8 heteroatoms. The van der Waals surface area contributed by atoms with Crippen LogP contribution >= 0.6 is 0 Å². The maximum Gasteiger partial charge on any atom is 0.326 e. The van der Waals surface area contributed by atoms with Gasteiger partial charge in [0.05, 0.1) is 6.33 Å². The van der Waals surface area contributed by atoms with Crippen LogP contribution in [0.2, 0.25) is 0 Å². The van der Waals surface area contributed by atoms with Gasteiger partial charge in [-0.3, -0.25) is 4.79 Å². The number of carboxylic acids is 1. The Morgan fingerprint density at radius 3 is 2.48 bits per heavy atom. The van der Waals surface area contributed by atoms with Crippen LogP contribution in [0.1, 0.15) is 16.1 Å². The Morgan fingerprint density at radius 2 is 1.95 bits per heavy atom. The minimum atomic E-state index is -1.24. The van der Waals surface area contributed by atoms with Crippen molar-refractivity contribution in [2.45, 2.75) is 12.5 Å². The van der Waals surface area contributed by atoms with Gasteiger partial charge in [0.25, 0.3) is 5.91 Å². The third-order valence-electron chi connectivity index (χ3n) is 2.83. The summed E-state index contributed by atoms with van der Waals surface area (Å²) in [7, 11) is 0. The molecule has 0 bridgehead atoms. The van der Waals surface area contributed by atoms with Crippen LogP contribution in [0.25, 0.3) is 0 Å². The Morgan fingerprint density at radius 1 is 1.29 bits per heavy atom. The number of hydrogen-bond donors (Lipinski definition) is 5. The summed E-state index contributed by atoms with van der Waals surface area (Å²) in [6.45, 7) is 0. The Labute approximate surface area is 119 Å². The molecule has 8 nitrogen and oxygen atoms in total. The van der Waals surface area contributed by atoms with Gasteiger partial charge in [-0.1, -0.05) is 6.07 Å². The number of H-pyrrole nitrogens is 1. The van der Waals surface area contributed by atoms with E-state index >= 15 is 0 Å². The molecule has 2 aromatic rings. The van der Waals surface area contributed by atoms with Crippen molar-refractivity contribution in [1.82, 2.24) is 15.3 Å². The fraction of sp³-hybridized carbons (Fsp3) is 0.154. The topological polar surface area (TPSA) is 136 Å². The number of aromatic hydroxyl groups is 2. The van der Waals surface area contributed by atoms with E-state index in [1.165, 1.54) is 30.7 Å². The van der Waals surface area contributed by atoms with E-state index in [0.717, 1.165) is 0 Å². The number of aliphatic carboxylic acids is 1. The molecule has 21 heavy (non-hydrogen) atoms. The fourth-order valence-corrected chi connectivity index (χ4v) is 1.81. The highest BCUT2D eigenvalue weighted by Gasteiger charge is 2.24. The molecule has 0 saturated carbocycles. The quantitative estimate of drug-likeness (QED) is 0.535.